The van der Waals surface area contributed by atoms with Gasteiger partial charge >= 0.3 is 5.97 Å². The van der Waals surface area contributed by atoms with Crippen LogP contribution in [0.2, 0.25) is 0 Å². The van der Waals surface area contributed by atoms with E-state index in [1.165, 1.54) is 7.11 Å². The van der Waals surface area contributed by atoms with Crippen LogP contribution in [0, 0.1) is 5.92 Å². The fraction of sp³-hybridized carbons (Fsp3) is 0.500. The minimum Gasteiger partial charge on any atom is -0.469 e. The van der Waals surface area contributed by atoms with Gasteiger partial charge in [0.05, 0.1) is 18.4 Å². The Morgan fingerprint density at radius 2 is 1.95 bits per heavy atom. The van der Waals surface area contributed by atoms with Gasteiger partial charge in [-0.3, -0.25) is 9.59 Å². The Balaban J connectivity index is 1.91. The van der Waals surface area contributed by atoms with Gasteiger partial charge in [0.1, 0.15) is 0 Å². The standard InChI is InChI=1S/C16H19NO3/c1-17-13-6-4-3-5-12(13)16(15(17)19)9-7-11(8-10-16)14(18)20-2/h3-6,11H,7-10H2,1-2H3. The van der Waals surface area contributed by atoms with E-state index in [2.05, 4.69) is 6.07 Å². The van der Waals surface area contributed by atoms with Crippen molar-refractivity contribution in [1.29, 1.82) is 0 Å². The highest BCUT2D eigenvalue weighted by Crippen LogP contribution is 2.50. The minimum absolute atomic E-state index is 0.0588. The molecule has 0 aromatic heterocycles. The summed E-state index contributed by atoms with van der Waals surface area (Å²) in [4.78, 5) is 26.1. The average molecular weight is 273 g/mol. The van der Waals surface area contributed by atoms with Crippen LogP contribution >= 0.6 is 0 Å². The number of ether oxygens (including phenoxy) is 1. The molecule has 0 bridgehead atoms. The predicted molar refractivity (Wildman–Crippen MR) is 75.5 cm³/mol. The van der Waals surface area contributed by atoms with E-state index < -0.39 is 5.41 Å². The zero-order chi connectivity index (χ0) is 14.3. The van der Waals surface area contributed by atoms with Crippen LogP contribution in [0.4, 0.5) is 5.69 Å². The van der Waals surface area contributed by atoms with Crippen LogP contribution in [0.25, 0.3) is 0 Å². The molecular formula is C16H19NO3. The Morgan fingerprint density at radius 3 is 2.60 bits per heavy atom. The third kappa shape index (κ3) is 1.67. The summed E-state index contributed by atoms with van der Waals surface area (Å²) in [6.45, 7) is 0. The van der Waals surface area contributed by atoms with Crippen LogP contribution < -0.4 is 4.90 Å². The summed E-state index contributed by atoms with van der Waals surface area (Å²) in [5.41, 5.74) is 1.71. The summed E-state index contributed by atoms with van der Waals surface area (Å²) >= 11 is 0. The van der Waals surface area contributed by atoms with Crippen molar-refractivity contribution in [2.24, 2.45) is 5.92 Å². The molecule has 1 aliphatic carbocycles. The molecule has 1 spiro atoms. The Kier molecular flexibility index (Phi) is 3.04. The third-order valence-electron chi connectivity index (χ3n) is 4.87. The van der Waals surface area contributed by atoms with Gasteiger partial charge in [0.15, 0.2) is 0 Å². The molecule has 20 heavy (non-hydrogen) atoms. The van der Waals surface area contributed by atoms with Crippen molar-refractivity contribution in [1.82, 2.24) is 0 Å². The Hall–Kier alpha value is -1.84. The highest BCUT2D eigenvalue weighted by atomic mass is 16.5. The molecule has 1 aliphatic heterocycles. The molecule has 0 unspecified atom stereocenters. The van der Waals surface area contributed by atoms with Crippen molar-refractivity contribution in [2.45, 2.75) is 31.1 Å². The number of esters is 1. The van der Waals surface area contributed by atoms with Crippen molar-refractivity contribution < 1.29 is 14.3 Å². The van der Waals surface area contributed by atoms with Crippen LogP contribution in [0.3, 0.4) is 0 Å². The Morgan fingerprint density at radius 1 is 1.30 bits per heavy atom. The first-order valence-corrected chi connectivity index (χ1v) is 7.05. The molecule has 1 aromatic rings. The largest absolute Gasteiger partial charge is 0.469 e. The third-order valence-corrected chi connectivity index (χ3v) is 4.87. The summed E-state index contributed by atoms with van der Waals surface area (Å²) in [6.07, 6.45) is 2.90. The molecule has 2 aliphatic rings. The van der Waals surface area contributed by atoms with Gasteiger partial charge in [0, 0.05) is 12.7 Å². The maximum atomic E-state index is 12.7. The van der Waals surface area contributed by atoms with Gasteiger partial charge in [-0.25, -0.2) is 0 Å². The molecule has 1 saturated carbocycles. The lowest BCUT2D eigenvalue weighted by atomic mass is 9.67. The quantitative estimate of drug-likeness (QED) is 0.737. The van der Waals surface area contributed by atoms with E-state index in [-0.39, 0.29) is 17.8 Å². The van der Waals surface area contributed by atoms with Crippen LogP contribution in [-0.2, 0) is 19.7 Å². The predicted octanol–water partition coefficient (Wildman–Crippen LogP) is 2.26. The maximum absolute atomic E-state index is 12.7. The smallest absolute Gasteiger partial charge is 0.308 e. The molecule has 0 atom stereocenters. The van der Waals surface area contributed by atoms with Gasteiger partial charge in [0.25, 0.3) is 0 Å². The maximum Gasteiger partial charge on any atom is 0.308 e. The first kappa shape index (κ1) is 13.2. The van der Waals surface area contributed by atoms with Gasteiger partial charge in [-0.1, -0.05) is 18.2 Å². The van der Waals surface area contributed by atoms with E-state index >= 15 is 0 Å². The summed E-state index contributed by atoms with van der Waals surface area (Å²) in [5, 5.41) is 0. The second kappa shape index (κ2) is 4.62. The summed E-state index contributed by atoms with van der Waals surface area (Å²) in [6, 6.07) is 7.99. The Bertz CT molecular complexity index is 559. The number of para-hydroxylation sites is 1. The second-order valence-electron chi connectivity index (χ2n) is 5.76. The van der Waals surface area contributed by atoms with Crippen molar-refractivity contribution in [3.05, 3.63) is 29.8 Å². The molecule has 1 aromatic carbocycles. The first-order chi connectivity index (χ1) is 9.60. The van der Waals surface area contributed by atoms with Crippen LogP contribution in [0.5, 0.6) is 0 Å². The van der Waals surface area contributed by atoms with Gasteiger partial charge in [-0.05, 0) is 37.3 Å². The van der Waals surface area contributed by atoms with Crippen molar-refractivity contribution in [3.63, 3.8) is 0 Å². The van der Waals surface area contributed by atoms with Crippen LogP contribution in [-0.4, -0.2) is 26.0 Å². The number of rotatable bonds is 1. The van der Waals surface area contributed by atoms with Crippen LogP contribution in [0.1, 0.15) is 31.2 Å². The van der Waals surface area contributed by atoms with Gasteiger partial charge in [0.2, 0.25) is 5.91 Å². The molecule has 0 N–H and O–H groups in total. The molecule has 0 saturated heterocycles. The summed E-state index contributed by atoms with van der Waals surface area (Å²) in [5.74, 6) is -0.0366. The van der Waals surface area contributed by atoms with E-state index in [1.807, 2.05) is 25.2 Å². The molecule has 0 radical (unpaired) electrons. The number of fused-ring (bicyclic) bond motifs is 2. The van der Waals surface area contributed by atoms with E-state index in [9.17, 15) is 9.59 Å². The van der Waals surface area contributed by atoms with Gasteiger partial charge in [-0.15, -0.1) is 0 Å². The van der Waals surface area contributed by atoms with Crippen molar-refractivity contribution in [3.8, 4) is 0 Å². The number of hydrogen-bond donors (Lipinski definition) is 0. The molecule has 4 heteroatoms. The van der Waals surface area contributed by atoms with E-state index in [0.717, 1.165) is 36.9 Å². The number of amides is 1. The number of methoxy groups -OCH3 is 1. The highest BCUT2D eigenvalue weighted by Gasteiger charge is 2.51. The molecule has 3 rings (SSSR count). The number of carbonyl (C=O) groups excluding carboxylic acids is 2. The minimum atomic E-state index is -0.421. The first-order valence-electron chi connectivity index (χ1n) is 7.05. The number of carbonyl (C=O) groups is 2. The molecule has 1 amide bonds. The fourth-order valence-electron chi connectivity index (χ4n) is 3.71. The van der Waals surface area contributed by atoms with Crippen LogP contribution in [0.15, 0.2) is 24.3 Å². The normalized spacial score (nSPS) is 28.6. The zero-order valence-corrected chi connectivity index (χ0v) is 11.9. The lowest BCUT2D eigenvalue weighted by molar-refractivity contribution is -0.147. The fourth-order valence-corrected chi connectivity index (χ4v) is 3.71. The van der Waals surface area contributed by atoms with Crippen molar-refractivity contribution in [2.75, 3.05) is 19.1 Å². The number of nitrogens with zero attached hydrogens (tertiary/aromatic N) is 1. The lowest BCUT2D eigenvalue weighted by Gasteiger charge is -2.35. The number of anilines is 1. The van der Waals surface area contributed by atoms with E-state index in [4.69, 9.17) is 4.74 Å². The monoisotopic (exact) mass is 273 g/mol. The lowest BCUT2D eigenvalue weighted by Crippen LogP contribution is -2.42. The van der Waals surface area contributed by atoms with Crippen molar-refractivity contribution >= 4 is 17.6 Å². The highest BCUT2D eigenvalue weighted by molar-refractivity contribution is 6.07. The summed E-state index contributed by atoms with van der Waals surface area (Å²) in [7, 11) is 3.26. The summed E-state index contributed by atoms with van der Waals surface area (Å²) < 4.78 is 4.82. The number of likely N-dealkylation sites (N-methyl/N-ethyl adjacent to an activating group) is 1. The molecule has 4 nitrogen and oxygen atoms in total. The van der Waals surface area contributed by atoms with Gasteiger partial charge in [-0.2, -0.15) is 0 Å². The SMILES string of the molecule is COC(=O)C1CCC2(CC1)C(=O)N(C)c1ccccc12. The molecule has 106 valence electrons. The van der Waals surface area contributed by atoms with E-state index in [1.54, 1.807) is 4.90 Å². The molecule has 1 heterocycles. The zero-order valence-electron chi connectivity index (χ0n) is 11.9. The number of benzene rings is 1. The Labute approximate surface area is 118 Å². The topological polar surface area (TPSA) is 46.6 Å². The van der Waals surface area contributed by atoms with E-state index in [0.29, 0.717) is 0 Å². The van der Waals surface area contributed by atoms with Gasteiger partial charge < -0.3 is 9.64 Å². The molecule has 1 fully saturated rings. The molecular weight excluding hydrogens is 254 g/mol. The average Bonchev–Trinajstić information content (AvgIpc) is 2.71. The number of hydrogen-bond acceptors (Lipinski definition) is 3. The second-order valence-corrected chi connectivity index (χ2v) is 5.76.